The lowest BCUT2D eigenvalue weighted by atomic mass is 10.0. The molecular weight excluding hydrogens is 160 g/mol. The van der Waals surface area contributed by atoms with E-state index in [4.69, 9.17) is 5.53 Å². The van der Waals surface area contributed by atoms with Crippen LogP contribution in [0, 0.1) is 10.1 Å². The zero-order valence-electron chi connectivity index (χ0n) is 6.12. The van der Waals surface area contributed by atoms with Crippen LogP contribution in [0.2, 0.25) is 0 Å². The summed E-state index contributed by atoms with van der Waals surface area (Å²) in [6.45, 7) is 0. The first-order chi connectivity index (χ1) is 5.71. The van der Waals surface area contributed by atoms with Crippen molar-refractivity contribution in [2.45, 2.75) is 12.1 Å². The molecule has 0 radical (unpaired) electrons. The summed E-state index contributed by atoms with van der Waals surface area (Å²) in [5.74, 6) is 0. The van der Waals surface area contributed by atoms with Gasteiger partial charge in [-0.2, -0.15) is 0 Å². The minimum Gasteiger partial charge on any atom is -0.263 e. The fraction of sp³-hybridized carbons (Fsp3) is 0.333. The highest BCUT2D eigenvalue weighted by Crippen LogP contribution is 2.22. The fourth-order valence-electron chi connectivity index (χ4n) is 0.921. The molecule has 0 aromatic heterocycles. The summed E-state index contributed by atoms with van der Waals surface area (Å²) < 4.78 is 0. The molecule has 1 atom stereocenters. The number of rotatable bonds is 2. The molecule has 0 saturated heterocycles. The third-order valence-corrected chi connectivity index (χ3v) is 1.56. The van der Waals surface area contributed by atoms with Gasteiger partial charge in [-0.25, -0.2) is 0 Å². The zero-order valence-corrected chi connectivity index (χ0v) is 6.12. The Labute approximate surface area is 68.0 Å². The number of nitrogens with zero attached hydrogens (tertiary/aromatic N) is 4. The first kappa shape index (κ1) is 8.29. The third kappa shape index (κ3) is 1.28. The van der Waals surface area contributed by atoms with E-state index in [1.54, 1.807) is 12.2 Å². The highest BCUT2D eigenvalue weighted by atomic mass is 16.6. The average Bonchev–Trinajstić information content (AvgIpc) is 2.06. The van der Waals surface area contributed by atoms with Crippen LogP contribution in [-0.2, 0) is 0 Å². The summed E-state index contributed by atoms with van der Waals surface area (Å²) in [6, 6.07) is 0. The summed E-state index contributed by atoms with van der Waals surface area (Å²) in [4.78, 5) is 12.4. The normalized spacial score (nSPS) is 26.3. The minimum atomic E-state index is -1.61. The molecule has 0 saturated carbocycles. The predicted octanol–water partition coefficient (Wildman–Crippen LogP) is 1.79. The van der Waals surface area contributed by atoms with Gasteiger partial charge in [-0.15, -0.1) is 0 Å². The molecule has 62 valence electrons. The van der Waals surface area contributed by atoms with Gasteiger partial charge in [0.2, 0.25) is 0 Å². The summed E-state index contributed by atoms with van der Waals surface area (Å²) in [5, 5.41) is 13.7. The molecule has 0 fully saturated rings. The van der Waals surface area contributed by atoms with Gasteiger partial charge in [0.1, 0.15) is 0 Å². The second-order valence-electron chi connectivity index (χ2n) is 2.32. The highest BCUT2D eigenvalue weighted by molar-refractivity contribution is 5.17. The van der Waals surface area contributed by atoms with Gasteiger partial charge in [-0.1, -0.05) is 18.2 Å². The molecule has 6 heteroatoms. The van der Waals surface area contributed by atoms with Gasteiger partial charge < -0.3 is 0 Å². The lowest BCUT2D eigenvalue weighted by molar-refractivity contribution is -0.552. The van der Waals surface area contributed by atoms with Crippen LogP contribution in [0.15, 0.2) is 29.4 Å². The Morgan fingerprint density at radius 1 is 1.67 bits per heavy atom. The summed E-state index contributed by atoms with van der Waals surface area (Å²) in [6.07, 6.45) is 6.17. The largest absolute Gasteiger partial charge is 0.323 e. The van der Waals surface area contributed by atoms with Crippen LogP contribution in [0.25, 0.3) is 10.4 Å². The predicted molar refractivity (Wildman–Crippen MR) is 41.8 cm³/mol. The topological polar surface area (TPSA) is 91.9 Å². The van der Waals surface area contributed by atoms with Gasteiger partial charge in [0, 0.05) is 16.3 Å². The van der Waals surface area contributed by atoms with E-state index >= 15 is 0 Å². The molecule has 1 aliphatic rings. The molecule has 12 heavy (non-hydrogen) atoms. The smallest absolute Gasteiger partial charge is 0.263 e. The van der Waals surface area contributed by atoms with Gasteiger partial charge in [0.05, 0.1) is 0 Å². The van der Waals surface area contributed by atoms with Gasteiger partial charge in [-0.3, -0.25) is 10.1 Å². The second kappa shape index (κ2) is 3.06. The van der Waals surface area contributed by atoms with Gasteiger partial charge >= 0.3 is 5.66 Å². The van der Waals surface area contributed by atoms with Crippen molar-refractivity contribution < 1.29 is 4.92 Å². The maximum Gasteiger partial charge on any atom is 0.323 e. The molecule has 0 aromatic rings. The molecule has 0 bridgehead atoms. The van der Waals surface area contributed by atoms with Crippen molar-refractivity contribution in [1.29, 1.82) is 0 Å². The number of hydrogen-bond acceptors (Lipinski definition) is 3. The van der Waals surface area contributed by atoms with E-state index in [-0.39, 0.29) is 6.42 Å². The van der Waals surface area contributed by atoms with Gasteiger partial charge in [0.25, 0.3) is 0 Å². The quantitative estimate of drug-likeness (QED) is 0.205. The minimum absolute atomic E-state index is 0.112. The molecule has 0 N–H and O–H groups in total. The van der Waals surface area contributed by atoms with Crippen molar-refractivity contribution in [2.75, 3.05) is 0 Å². The standard InChI is InChI=1S/C6H6N4O2/c7-9-8-6(10(11)12)4-2-1-3-5-6/h1-4H,5H2. The molecular formula is C6H6N4O2. The van der Waals surface area contributed by atoms with E-state index in [1.165, 1.54) is 12.2 Å². The Kier molecular flexibility index (Phi) is 2.11. The summed E-state index contributed by atoms with van der Waals surface area (Å²) in [5.41, 5.74) is 6.52. The summed E-state index contributed by atoms with van der Waals surface area (Å²) >= 11 is 0. The van der Waals surface area contributed by atoms with Crippen LogP contribution in [-0.4, -0.2) is 10.6 Å². The molecule has 0 spiro atoms. The van der Waals surface area contributed by atoms with Crippen molar-refractivity contribution in [3.63, 3.8) is 0 Å². The Morgan fingerprint density at radius 2 is 2.42 bits per heavy atom. The molecule has 0 heterocycles. The molecule has 6 nitrogen and oxygen atoms in total. The Morgan fingerprint density at radius 3 is 2.83 bits per heavy atom. The average molecular weight is 166 g/mol. The first-order valence-electron chi connectivity index (χ1n) is 3.26. The van der Waals surface area contributed by atoms with Crippen LogP contribution in [0.5, 0.6) is 0 Å². The molecule has 0 aliphatic heterocycles. The number of hydrogen-bond donors (Lipinski definition) is 0. The van der Waals surface area contributed by atoms with E-state index in [2.05, 4.69) is 10.0 Å². The Balaban J connectivity index is 3.03. The monoisotopic (exact) mass is 166 g/mol. The van der Waals surface area contributed by atoms with Crippen LogP contribution in [0.1, 0.15) is 6.42 Å². The molecule has 0 aromatic carbocycles. The van der Waals surface area contributed by atoms with Gasteiger partial charge in [-0.05, 0) is 16.7 Å². The molecule has 1 rings (SSSR count). The van der Waals surface area contributed by atoms with Crippen molar-refractivity contribution in [3.05, 3.63) is 44.9 Å². The van der Waals surface area contributed by atoms with Crippen LogP contribution in [0.3, 0.4) is 0 Å². The van der Waals surface area contributed by atoms with Gasteiger partial charge in [0.15, 0.2) is 0 Å². The van der Waals surface area contributed by atoms with E-state index in [1.807, 2.05) is 0 Å². The Bertz CT molecular complexity index is 299. The van der Waals surface area contributed by atoms with Crippen molar-refractivity contribution in [2.24, 2.45) is 5.11 Å². The highest BCUT2D eigenvalue weighted by Gasteiger charge is 2.38. The van der Waals surface area contributed by atoms with Crippen molar-refractivity contribution in [3.8, 4) is 0 Å². The van der Waals surface area contributed by atoms with Crippen LogP contribution < -0.4 is 0 Å². The lowest BCUT2D eigenvalue weighted by Gasteiger charge is -2.15. The van der Waals surface area contributed by atoms with E-state index in [9.17, 15) is 10.1 Å². The Hall–Kier alpha value is -1.81. The maximum atomic E-state index is 10.5. The SMILES string of the molecule is [N-]=[N+]=NC1([N+](=O)[O-])C=CC=CC1. The molecule has 1 aliphatic carbocycles. The number of nitro groups is 1. The molecule has 0 amide bonds. The number of allylic oxidation sites excluding steroid dienone is 2. The van der Waals surface area contributed by atoms with E-state index < -0.39 is 10.6 Å². The maximum absolute atomic E-state index is 10.5. The van der Waals surface area contributed by atoms with Crippen LogP contribution in [0.4, 0.5) is 0 Å². The fourth-order valence-corrected chi connectivity index (χ4v) is 0.921. The lowest BCUT2D eigenvalue weighted by Crippen LogP contribution is -2.33. The van der Waals surface area contributed by atoms with E-state index in [0.29, 0.717) is 0 Å². The number of azide groups is 1. The first-order valence-corrected chi connectivity index (χ1v) is 3.26. The van der Waals surface area contributed by atoms with E-state index in [0.717, 1.165) is 0 Å². The van der Waals surface area contributed by atoms with Crippen molar-refractivity contribution in [1.82, 2.24) is 0 Å². The van der Waals surface area contributed by atoms with Crippen molar-refractivity contribution >= 4 is 0 Å². The second-order valence-corrected chi connectivity index (χ2v) is 2.32. The molecule has 1 unspecified atom stereocenters. The summed E-state index contributed by atoms with van der Waals surface area (Å²) in [7, 11) is 0. The third-order valence-electron chi connectivity index (χ3n) is 1.56. The van der Waals surface area contributed by atoms with Crippen LogP contribution >= 0.6 is 0 Å². The zero-order chi connectivity index (χ0) is 9.03.